The van der Waals surface area contributed by atoms with Crippen LogP contribution in [0.1, 0.15) is 27.2 Å². The van der Waals surface area contributed by atoms with Crippen molar-refractivity contribution in [2.45, 2.75) is 39.0 Å². The molecule has 5 nitrogen and oxygen atoms in total. The van der Waals surface area contributed by atoms with Crippen molar-refractivity contribution in [1.82, 2.24) is 5.32 Å². The fourth-order valence-electron chi connectivity index (χ4n) is 1.69. The van der Waals surface area contributed by atoms with E-state index in [-0.39, 0.29) is 6.04 Å². The van der Waals surface area contributed by atoms with Gasteiger partial charge in [0.1, 0.15) is 0 Å². The number of amides is 1. The maximum Gasteiger partial charge on any atom is 0.407 e. The molecular weight excluding hydrogens is 198 g/mol. The van der Waals surface area contributed by atoms with Crippen molar-refractivity contribution in [3.8, 4) is 0 Å². The molecular formula is C10H19NO4. The Morgan fingerprint density at radius 1 is 1.47 bits per heavy atom. The van der Waals surface area contributed by atoms with Crippen LogP contribution in [0.5, 0.6) is 0 Å². The molecule has 1 amide bonds. The van der Waals surface area contributed by atoms with Crippen molar-refractivity contribution >= 4 is 6.09 Å². The fraction of sp³-hybridized carbons (Fsp3) is 0.900. The first kappa shape index (κ1) is 12.3. The third-order valence-corrected chi connectivity index (χ3v) is 2.54. The van der Waals surface area contributed by atoms with E-state index in [1.54, 1.807) is 6.92 Å². The van der Waals surface area contributed by atoms with Crippen molar-refractivity contribution in [3.05, 3.63) is 0 Å². The highest BCUT2D eigenvalue weighted by Gasteiger charge is 2.41. The minimum absolute atomic E-state index is 0.218. The number of nitrogens with one attached hydrogen (secondary N) is 1. The maximum atomic E-state index is 11.2. The smallest absolute Gasteiger partial charge is 0.407 e. The number of hydrogen-bond donors (Lipinski definition) is 1. The lowest BCUT2D eigenvalue weighted by molar-refractivity contribution is -0.176. The normalized spacial score (nSPS) is 21.0. The zero-order valence-corrected chi connectivity index (χ0v) is 9.54. The van der Waals surface area contributed by atoms with Gasteiger partial charge >= 0.3 is 6.09 Å². The third kappa shape index (κ3) is 2.82. The van der Waals surface area contributed by atoms with Crippen molar-refractivity contribution in [2.24, 2.45) is 0 Å². The Morgan fingerprint density at radius 2 is 2.07 bits per heavy atom. The molecule has 1 N–H and O–H groups in total. The molecule has 88 valence electrons. The largest absolute Gasteiger partial charge is 0.450 e. The van der Waals surface area contributed by atoms with Gasteiger partial charge in [0.05, 0.1) is 25.9 Å². The molecule has 1 unspecified atom stereocenters. The maximum absolute atomic E-state index is 11.2. The summed E-state index contributed by atoms with van der Waals surface area (Å²) >= 11 is 0. The quantitative estimate of drug-likeness (QED) is 0.770. The van der Waals surface area contributed by atoms with Gasteiger partial charge in [-0.25, -0.2) is 4.79 Å². The molecule has 0 aromatic carbocycles. The van der Waals surface area contributed by atoms with E-state index < -0.39 is 11.9 Å². The molecule has 0 saturated carbocycles. The highest BCUT2D eigenvalue weighted by Crippen LogP contribution is 2.26. The molecule has 1 aliphatic heterocycles. The van der Waals surface area contributed by atoms with Crippen molar-refractivity contribution < 1.29 is 19.0 Å². The summed E-state index contributed by atoms with van der Waals surface area (Å²) in [5.74, 6) is -0.688. The van der Waals surface area contributed by atoms with Gasteiger partial charge in [0.25, 0.3) is 0 Å². The number of ether oxygens (including phenoxy) is 3. The van der Waals surface area contributed by atoms with Crippen LogP contribution in [-0.2, 0) is 14.2 Å². The van der Waals surface area contributed by atoms with Gasteiger partial charge in [-0.1, -0.05) is 6.92 Å². The number of carbonyl (C=O) groups is 1. The van der Waals surface area contributed by atoms with Gasteiger partial charge in [0.15, 0.2) is 5.79 Å². The summed E-state index contributed by atoms with van der Waals surface area (Å²) < 4.78 is 15.9. The molecule has 15 heavy (non-hydrogen) atoms. The Labute approximate surface area is 90.1 Å². The van der Waals surface area contributed by atoms with Crippen LogP contribution in [0.4, 0.5) is 4.79 Å². The lowest BCUT2D eigenvalue weighted by atomic mass is 10.1. The van der Waals surface area contributed by atoms with E-state index in [4.69, 9.17) is 14.2 Å². The Morgan fingerprint density at radius 3 is 2.53 bits per heavy atom. The molecule has 0 aromatic heterocycles. The van der Waals surface area contributed by atoms with Crippen LogP contribution in [-0.4, -0.2) is 37.7 Å². The second-order valence-corrected chi connectivity index (χ2v) is 3.45. The van der Waals surface area contributed by atoms with Gasteiger partial charge < -0.3 is 19.5 Å². The van der Waals surface area contributed by atoms with Crippen LogP contribution in [0.15, 0.2) is 0 Å². The van der Waals surface area contributed by atoms with Crippen LogP contribution in [0.2, 0.25) is 0 Å². The van der Waals surface area contributed by atoms with E-state index in [9.17, 15) is 4.79 Å². The summed E-state index contributed by atoms with van der Waals surface area (Å²) in [6.45, 7) is 7.09. The van der Waals surface area contributed by atoms with E-state index in [2.05, 4.69) is 5.32 Å². The minimum Gasteiger partial charge on any atom is -0.450 e. The highest BCUT2D eigenvalue weighted by molar-refractivity contribution is 5.67. The van der Waals surface area contributed by atoms with Gasteiger partial charge in [-0.05, 0) is 13.8 Å². The first-order valence-electron chi connectivity index (χ1n) is 5.35. The summed E-state index contributed by atoms with van der Waals surface area (Å²) in [4.78, 5) is 11.2. The number of alkyl carbamates (subject to hydrolysis) is 1. The van der Waals surface area contributed by atoms with Crippen molar-refractivity contribution in [1.29, 1.82) is 0 Å². The molecule has 0 bridgehead atoms. The van der Waals surface area contributed by atoms with Crippen LogP contribution in [0.25, 0.3) is 0 Å². The molecule has 0 spiro atoms. The second kappa shape index (κ2) is 5.32. The Bertz CT molecular complexity index is 213. The number of carbonyl (C=O) groups excluding carboxylic acids is 1. The molecule has 1 atom stereocenters. The average Bonchev–Trinajstić information content (AvgIpc) is 2.67. The molecule has 1 heterocycles. The van der Waals surface area contributed by atoms with E-state index in [0.717, 1.165) is 0 Å². The predicted molar refractivity (Wildman–Crippen MR) is 54.5 cm³/mol. The van der Waals surface area contributed by atoms with E-state index in [1.807, 2.05) is 13.8 Å². The molecule has 1 fully saturated rings. The standard InChI is InChI=1S/C10H19NO4/c1-4-10(14-6-7-15-10)8(3)11-9(12)13-5-2/h8H,4-7H2,1-3H3,(H,11,12). The molecule has 1 aliphatic rings. The summed E-state index contributed by atoms with van der Waals surface area (Å²) in [5, 5.41) is 2.70. The highest BCUT2D eigenvalue weighted by atomic mass is 16.7. The first-order chi connectivity index (χ1) is 7.14. The third-order valence-electron chi connectivity index (χ3n) is 2.54. The van der Waals surface area contributed by atoms with Gasteiger partial charge in [0, 0.05) is 6.42 Å². The molecule has 5 heteroatoms. The summed E-state index contributed by atoms with van der Waals surface area (Å²) in [7, 11) is 0. The zero-order valence-electron chi connectivity index (χ0n) is 9.54. The zero-order chi connectivity index (χ0) is 11.3. The predicted octanol–water partition coefficient (Wildman–Crippen LogP) is 1.27. The molecule has 0 aromatic rings. The Hall–Kier alpha value is -0.810. The van der Waals surface area contributed by atoms with E-state index in [0.29, 0.717) is 26.2 Å². The minimum atomic E-state index is -0.688. The second-order valence-electron chi connectivity index (χ2n) is 3.45. The lowest BCUT2D eigenvalue weighted by Gasteiger charge is -2.32. The SMILES string of the molecule is CCOC(=O)NC(C)C1(CC)OCCO1. The van der Waals surface area contributed by atoms with Crippen LogP contribution in [0, 0.1) is 0 Å². The molecule has 0 radical (unpaired) electrons. The lowest BCUT2D eigenvalue weighted by Crippen LogP contribution is -2.51. The number of hydrogen-bond acceptors (Lipinski definition) is 4. The molecule has 1 saturated heterocycles. The monoisotopic (exact) mass is 217 g/mol. The van der Waals surface area contributed by atoms with Crippen molar-refractivity contribution in [3.63, 3.8) is 0 Å². The summed E-state index contributed by atoms with van der Waals surface area (Å²) in [5.41, 5.74) is 0. The van der Waals surface area contributed by atoms with E-state index >= 15 is 0 Å². The topological polar surface area (TPSA) is 56.8 Å². The van der Waals surface area contributed by atoms with Crippen LogP contribution >= 0.6 is 0 Å². The number of rotatable bonds is 4. The van der Waals surface area contributed by atoms with Gasteiger partial charge in [-0.2, -0.15) is 0 Å². The van der Waals surface area contributed by atoms with Crippen LogP contribution < -0.4 is 5.32 Å². The van der Waals surface area contributed by atoms with Gasteiger partial charge in [-0.15, -0.1) is 0 Å². The van der Waals surface area contributed by atoms with Gasteiger partial charge in [-0.3, -0.25) is 0 Å². The summed E-state index contributed by atoms with van der Waals surface area (Å²) in [6, 6.07) is -0.218. The van der Waals surface area contributed by atoms with E-state index in [1.165, 1.54) is 0 Å². The Kier molecular flexibility index (Phi) is 4.35. The van der Waals surface area contributed by atoms with Crippen molar-refractivity contribution in [2.75, 3.05) is 19.8 Å². The molecule has 1 rings (SSSR count). The van der Waals surface area contributed by atoms with Crippen LogP contribution in [0.3, 0.4) is 0 Å². The molecule has 0 aliphatic carbocycles. The average molecular weight is 217 g/mol. The first-order valence-corrected chi connectivity index (χ1v) is 5.35. The van der Waals surface area contributed by atoms with Gasteiger partial charge in [0.2, 0.25) is 0 Å². The summed E-state index contributed by atoms with van der Waals surface area (Å²) in [6.07, 6.45) is 0.262. The Balaban J connectivity index is 2.50. The fourth-order valence-corrected chi connectivity index (χ4v) is 1.69.